The van der Waals surface area contributed by atoms with Crippen molar-refractivity contribution in [3.63, 3.8) is 0 Å². The summed E-state index contributed by atoms with van der Waals surface area (Å²) in [5.41, 5.74) is 1.40. The van der Waals surface area contributed by atoms with Gasteiger partial charge in [-0.1, -0.05) is 16.8 Å². The smallest absolute Gasteiger partial charge is 0.0957 e. The van der Waals surface area contributed by atoms with Crippen molar-refractivity contribution in [1.82, 2.24) is 0 Å². The molecule has 0 aliphatic heterocycles. The van der Waals surface area contributed by atoms with E-state index in [0.29, 0.717) is 0 Å². The van der Waals surface area contributed by atoms with Crippen LogP contribution < -0.4 is 0 Å². The summed E-state index contributed by atoms with van der Waals surface area (Å²) in [4.78, 5) is 9.99. The molecule has 1 aliphatic rings. The van der Waals surface area contributed by atoms with Gasteiger partial charge in [0, 0.05) is 0 Å². The van der Waals surface area contributed by atoms with E-state index >= 15 is 0 Å². The third kappa shape index (κ3) is 1.63. The topological polar surface area (TPSA) is 29.4 Å². The number of hydrogen-bond acceptors (Lipinski definition) is 2. The Bertz CT molecular complexity index is 140. The van der Waals surface area contributed by atoms with Crippen molar-refractivity contribution in [1.29, 1.82) is 0 Å². The molecule has 1 aliphatic carbocycles. The van der Waals surface area contributed by atoms with Crippen LogP contribution in [0.3, 0.4) is 0 Å². The predicted octanol–water partition coefficient (Wildman–Crippen LogP) is 2.25. The number of allylic oxidation sites excluding steroid dienone is 1. The van der Waals surface area contributed by atoms with E-state index in [1.807, 2.05) is 0 Å². The molecule has 0 heterocycles. The van der Waals surface area contributed by atoms with E-state index in [2.05, 4.69) is 18.2 Å². The van der Waals surface area contributed by atoms with Gasteiger partial charge in [-0.25, -0.2) is 0 Å². The van der Waals surface area contributed by atoms with E-state index in [0.717, 1.165) is 19.3 Å². The van der Waals surface area contributed by atoms with Gasteiger partial charge < -0.3 is 0 Å². The first kappa shape index (κ1) is 6.46. The van der Waals surface area contributed by atoms with Crippen LogP contribution in [0.25, 0.3) is 0 Å². The zero-order chi connectivity index (χ0) is 6.69. The molecular formula is C7H11NO. The van der Waals surface area contributed by atoms with Gasteiger partial charge in [-0.05, 0) is 26.2 Å². The standard InChI is InChI=1S/C7H11NO/c1-6-2-4-7(8-9)5-3-6/h2,7H,3-5H2,1H3. The molecule has 0 bridgehead atoms. The van der Waals surface area contributed by atoms with E-state index < -0.39 is 0 Å². The second-order valence-corrected chi connectivity index (χ2v) is 2.58. The van der Waals surface area contributed by atoms with Gasteiger partial charge in [-0.3, -0.25) is 0 Å². The normalized spacial score (nSPS) is 27.2. The van der Waals surface area contributed by atoms with Crippen LogP contribution in [0.15, 0.2) is 16.8 Å². The monoisotopic (exact) mass is 125 g/mol. The van der Waals surface area contributed by atoms with E-state index in [1.54, 1.807) is 0 Å². The molecular weight excluding hydrogens is 114 g/mol. The zero-order valence-corrected chi connectivity index (χ0v) is 5.63. The molecule has 1 atom stereocenters. The molecule has 50 valence electrons. The van der Waals surface area contributed by atoms with Gasteiger partial charge in [-0.15, -0.1) is 0 Å². The van der Waals surface area contributed by atoms with Gasteiger partial charge in [0.05, 0.1) is 6.04 Å². The lowest BCUT2D eigenvalue weighted by molar-refractivity contribution is 0.588. The van der Waals surface area contributed by atoms with Crippen LogP contribution in [-0.2, 0) is 0 Å². The van der Waals surface area contributed by atoms with E-state index in [9.17, 15) is 4.91 Å². The van der Waals surface area contributed by atoms with E-state index in [4.69, 9.17) is 0 Å². The minimum atomic E-state index is 0.0636. The largest absolute Gasteiger partial charge is 0.151 e. The first-order chi connectivity index (χ1) is 4.33. The van der Waals surface area contributed by atoms with Crippen LogP contribution in [0.1, 0.15) is 26.2 Å². The van der Waals surface area contributed by atoms with Gasteiger partial charge in [0.1, 0.15) is 0 Å². The van der Waals surface area contributed by atoms with E-state index in [1.165, 1.54) is 5.57 Å². The Morgan fingerprint density at radius 2 is 2.56 bits per heavy atom. The molecule has 0 fully saturated rings. The molecule has 0 aromatic heterocycles. The van der Waals surface area contributed by atoms with Crippen molar-refractivity contribution < 1.29 is 0 Å². The second kappa shape index (κ2) is 2.76. The average Bonchev–Trinajstić information content (AvgIpc) is 1.90. The summed E-state index contributed by atoms with van der Waals surface area (Å²) in [7, 11) is 0. The Labute approximate surface area is 54.9 Å². The molecule has 2 heteroatoms. The average molecular weight is 125 g/mol. The van der Waals surface area contributed by atoms with Crippen LogP contribution in [0.4, 0.5) is 0 Å². The molecule has 0 aromatic carbocycles. The van der Waals surface area contributed by atoms with Crippen molar-refractivity contribution in [2.75, 3.05) is 0 Å². The van der Waals surface area contributed by atoms with Crippen LogP contribution in [0, 0.1) is 4.91 Å². The molecule has 1 rings (SSSR count). The molecule has 0 amide bonds. The summed E-state index contributed by atoms with van der Waals surface area (Å²) in [5.74, 6) is 0. The lowest BCUT2D eigenvalue weighted by atomic mass is 9.97. The highest BCUT2D eigenvalue weighted by Gasteiger charge is 2.11. The third-order valence-electron chi connectivity index (χ3n) is 1.76. The first-order valence-electron chi connectivity index (χ1n) is 3.31. The second-order valence-electron chi connectivity index (χ2n) is 2.58. The molecule has 1 unspecified atom stereocenters. The van der Waals surface area contributed by atoms with Crippen molar-refractivity contribution in [2.24, 2.45) is 5.18 Å². The maximum absolute atomic E-state index is 9.99. The summed E-state index contributed by atoms with van der Waals surface area (Å²) >= 11 is 0. The van der Waals surface area contributed by atoms with Crippen LogP contribution in [0.5, 0.6) is 0 Å². The Morgan fingerprint density at radius 3 is 3.00 bits per heavy atom. The highest BCUT2D eigenvalue weighted by Crippen LogP contribution is 2.19. The van der Waals surface area contributed by atoms with Crippen LogP contribution in [0.2, 0.25) is 0 Å². The molecule has 9 heavy (non-hydrogen) atoms. The molecule has 0 saturated heterocycles. The molecule has 0 N–H and O–H groups in total. The van der Waals surface area contributed by atoms with Crippen molar-refractivity contribution in [2.45, 2.75) is 32.2 Å². The minimum Gasteiger partial charge on any atom is -0.151 e. The van der Waals surface area contributed by atoms with Gasteiger partial charge >= 0.3 is 0 Å². The van der Waals surface area contributed by atoms with Gasteiger partial charge in [0.25, 0.3) is 0 Å². The van der Waals surface area contributed by atoms with Crippen molar-refractivity contribution >= 4 is 0 Å². The van der Waals surface area contributed by atoms with Gasteiger partial charge in [-0.2, -0.15) is 4.91 Å². The minimum absolute atomic E-state index is 0.0636. The predicted molar refractivity (Wildman–Crippen MR) is 37.2 cm³/mol. The maximum Gasteiger partial charge on any atom is 0.0957 e. The molecule has 0 aromatic rings. The van der Waals surface area contributed by atoms with Crippen molar-refractivity contribution in [3.8, 4) is 0 Å². The summed E-state index contributed by atoms with van der Waals surface area (Å²) < 4.78 is 0. The fraction of sp³-hybridized carbons (Fsp3) is 0.714. The number of nitrogens with zero attached hydrogens (tertiary/aromatic N) is 1. The Kier molecular flexibility index (Phi) is 1.98. The molecule has 0 spiro atoms. The summed E-state index contributed by atoms with van der Waals surface area (Å²) in [6, 6.07) is 0.0636. The summed E-state index contributed by atoms with van der Waals surface area (Å²) in [6.07, 6.45) is 4.97. The van der Waals surface area contributed by atoms with Crippen LogP contribution in [-0.4, -0.2) is 6.04 Å². The lowest BCUT2D eigenvalue weighted by Crippen LogP contribution is -2.06. The third-order valence-corrected chi connectivity index (χ3v) is 1.76. The van der Waals surface area contributed by atoms with Gasteiger partial charge in [0.2, 0.25) is 0 Å². The Hall–Kier alpha value is -0.660. The fourth-order valence-corrected chi connectivity index (χ4v) is 1.05. The molecule has 2 nitrogen and oxygen atoms in total. The number of nitroso groups, excluding NO2 is 1. The zero-order valence-electron chi connectivity index (χ0n) is 5.63. The lowest BCUT2D eigenvalue weighted by Gasteiger charge is -2.12. The number of hydrogen-bond donors (Lipinski definition) is 0. The highest BCUT2D eigenvalue weighted by molar-refractivity contribution is 5.04. The Morgan fingerprint density at radius 1 is 1.78 bits per heavy atom. The molecule has 0 saturated carbocycles. The van der Waals surface area contributed by atoms with Gasteiger partial charge in [0.15, 0.2) is 0 Å². The number of rotatable bonds is 1. The fourth-order valence-electron chi connectivity index (χ4n) is 1.05. The van der Waals surface area contributed by atoms with Crippen molar-refractivity contribution in [3.05, 3.63) is 16.6 Å². The highest BCUT2D eigenvalue weighted by atomic mass is 16.3. The molecule has 0 radical (unpaired) electrons. The van der Waals surface area contributed by atoms with Crippen LogP contribution >= 0.6 is 0 Å². The summed E-state index contributed by atoms with van der Waals surface area (Å²) in [6.45, 7) is 2.10. The van der Waals surface area contributed by atoms with E-state index in [-0.39, 0.29) is 6.04 Å². The SMILES string of the molecule is CC1=CCC(N=O)CC1. The quantitative estimate of drug-likeness (QED) is 0.390. The summed E-state index contributed by atoms with van der Waals surface area (Å²) in [5, 5.41) is 2.99. The Balaban J connectivity index is 2.45. The maximum atomic E-state index is 9.99. The first-order valence-corrected chi connectivity index (χ1v) is 3.31.